The number of aliphatic hydroxyl groups is 1. The van der Waals surface area contributed by atoms with E-state index in [9.17, 15) is 13.5 Å². The summed E-state index contributed by atoms with van der Waals surface area (Å²) in [5.74, 6) is 0.422. The zero-order chi connectivity index (χ0) is 12.3. The Morgan fingerprint density at radius 2 is 2.18 bits per heavy atom. The summed E-state index contributed by atoms with van der Waals surface area (Å²) in [7, 11) is -2.90. The number of anilines is 1. The van der Waals surface area contributed by atoms with Crippen LogP contribution in [-0.4, -0.2) is 43.1 Å². The quantitative estimate of drug-likeness (QED) is 0.818. The fourth-order valence-corrected chi connectivity index (χ4v) is 3.28. The van der Waals surface area contributed by atoms with Gasteiger partial charge in [-0.05, 0) is 12.5 Å². The highest BCUT2D eigenvalue weighted by molar-refractivity contribution is 7.91. The van der Waals surface area contributed by atoms with Crippen LogP contribution < -0.4 is 4.90 Å². The van der Waals surface area contributed by atoms with Gasteiger partial charge in [0.15, 0.2) is 9.84 Å². The van der Waals surface area contributed by atoms with E-state index in [0.29, 0.717) is 19.5 Å². The molecule has 1 aromatic heterocycles. The molecule has 6 heteroatoms. The van der Waals surface area contributed by atoms with Crippen LogP contribution in [-0.2, 0) is 16.4 Å². The van der Waals surface area contributed by atoms with Crippen molar-refractivity contribution in [3.05, 3.63) is 24.0 Å². The first kappa shape index (κ1) is 12.3. The van der Waals surface area contributed by atoms with Gasteiger partial charge in [0.05, 0.1) is 30.0 Å². The molecule has 1 fully saturated rings. The van der Waals surface area contributed by atoms with E-state index >= 15 is 0 Å². The van der Waals surface area contributed by atoms with Gasteiger partial charge in [-0.2, -0.15) is 0 Å². The van der Waals surface area contributed by atoms with Gasteiger partial charge in [-0.1, -0.05) is 0 Å². The summed E-state index contributed by atoms with van der Waals surface area (Å²) >= 11 is 0. The minimum absolute atomic E-state index is 0.0545. The summed E-state index contributed by atoms with van der Waals surface area (Å²) in [5.41, 5.74) is 1.63. The highest BCUT2D eigenvalue weighted by Crippen LogP contribution is 2.21. The lowest BCUT2D eigenvalue weighted by Gasteiger charge is -2.23. The van der Waals surface area contributed by atoms with Crippen LogP contribution in [0.4, 0.5) is 5.69 Å². The van der Waals surface area contributed by atoms with Crippen molar-refractivity contribution >= 4 is 15.5 Å². The number of pyridine rings is 1. The second-order valence-corrected chi connectivity index (χ2v) is 6.46. The molecule has 17 heavy (non-hydrogen) atoms. The minimum atomic E-state index is -2.90. The SMILES string of the molecule is O=S1(=O)CCCN(c2cnccc2CO)CC1. The lowest BCUT2D eigenvalue weighted by molar-refractivity contribution is 0.282. The molecule has 0 amide bonds. The predicted octanol–water partition coefficient (Wildman–Crippen LogP) is 0.199. The number of hydrogen-bond donors (Lipinski definition) is 1. The molecule has 1 saturated heterocycles. The number of hydrogen-bond acceptors (Lipinski definition) is 5. The summed E-state index contributed by atoms with van der Waals surface area (Å²) < 4.78 is 23.0. The van der Waals surface area contributed by atoms with Crippen molar-refractivity contribution in [3.63, 3.8) is 0 Å². The third-order valence-corrected chi connectivity index (χ3v) is 4.67. The van der Waals surface area contributed by atoms with Gasteiger partial charge in [-0.15, -0.1) is 0 Å². The maximum absolute atomic E-state index is 11.5. The molecule has 0 radical (unpaired) electrons. The van der Waals surface area contributed by atoms with Crippen molar-refractivity contribution in [1.82, 2.24) is 4.98 Å². The number of sulfone groups is 1. The van der Waals surface area contributed by atoms with Gasteiger partial charge in [0.1, 0.15) is 0 Å². The van der Waals surface area contributed by atoms with Crippen molar-refractivity contribution in [3.8, 4) is 0 Å². The molecule has 0 spiro atoms. The highest BCUT2D eigenvalue weighted by Gasteiger charge is 2.20. The summed E-state index contributed by atoms with van der Waals surface area (Å²) in [4.78, 5) is 6.02. The first-order valence-corrected chi connectivity index (χ1v) is 7.43. The lowest BCUT2D eigenvalue weighted by Crippen LogP contribution is -2.27. The molecule has 0 aromatic carbocycles. The molecule has 1 aliphatic heterocycles. The molecule has 0 saturated carbocycles. The molecule has 0 atom stereocenters. The molecular weight excluding hydrogens is 240 g/mol. The molecule has 2 rings (SSSR count). The summed E-state index contributed by atoms with van der Waals surface area (Å²) in [6.07, 6.45) is 3.94. The van der Waals surface area contributed by atoms with Crippen molar-refractivity contribution in [2.75, 3.05) is 29.5 Å². The smallest absolute Gasteiger partial charge is 0.152 e. The fourth-order valence-electron chi connectivity index (χ4n) is 2.01. The van der Waals surface area contributed by atoms with E-state index in [-0.39, 0.29) is 18.1 Å². The van der Waals surface area contributed by atoms with Crippen LogP contribution in [0, 0.1) is 0 Å². The largest absolute Gasteiger partial charge is 0.392 e. The Labute approximate surface area is 101 Å². The standard InChI is InChI=1S/C11H16N2O3S/c14-9-10-2-3-12-8-11(10)13-4-1-6-17(15,16)7-5-13/h2-3,8,14H,1,4-7,9H2. The normalized spacial score (nSPS) is 19.9. The Kier molecular flexibility index (Phi) is 3.63. The maximum atomic E-state index is 11.5. The van der Waals surface area contributed by atoms with E-state index in [1.807, 2.05) is 4.90 Å². The summed E-state index contributed by atoms with van der Waals surface area (Å²) in [5, 5.41) is 9.25. The van der Waals surface area contributed by atoms with Gasteiger partial charge in [0.2, 0.25) is 0 Å². The van der Waals surface area contributed by atoms with Crippen LogP contribution in [0.15, 0.2) is 18.5 Å². The fraction of sp³-hybridized carbons (Fsp3) is 0.545. The van der Waals surface area contributed by atoms with Gasteiger partial charge in [-0.3, -0.25) is 4.98 Å². The van der Waals surface area contributed by atoms with Gasteiger partial charge in [0.25, 0.3) is 0 Å². The van der Waals surface area contributed by atoms with Crippen LogP contribution in [0.3, 0.4) is 0 Å². The van der Waals surface area contributed by atoms with E-state index < -0.39 is 9.84 Å². The van der Waals surface area contributed by atoms with Crippen LogP contribution in [0.1, 0.15) is 12.0 Å². The van der Waals surface area contributed by atoms with Crippen LogP contribution in [0.2, 0.25) is 0 Å². The van der Waals surface area contributed by atoms with Crippen LogP contribution >= 0.6 is 0 Å². The molecule has 1 aliphatic rings. The van der Waals surface area contributed by atoms with Crippen LogP contribution in [0.5, 0.6) is 0 Å². The molecule has 2 heterocycles. The van der Waals surface area contributed by atoms with Crippen molar-refractivity contribution < 1.29 is 13.5 Å². The molecule has 5 nitrogen and oxygen atoms in total. The van der Waals surface area contributed by atoms with Gasteiger partial charge < -0.3 is 10.0 Å². The van der Waals surface area contributed by atoms with Gasteiger partial charge in [0, 0.05) is 24.8 Å². The molecular formula is C11H16N2O3S. The predicted molar refractivity (Wildman–Crippen MR) is 65.6 cm³/mol. The summed E-state index contributed by atoms with van der Waals surface area (Å²) in [6.45, 7) is 1.11. The van der Waals surface area contributed by atoms with E-state index in [1.54, 1.807) is 18.5 Å². The first-order chi connectivity index (χ1) is 8.12. The van der Waals surface area contributed by atoms with Crippen LogP contribution in [0.25, 0.3) is 0 Å². The lowest BCUT2D eigenvalue weighted by atomic mass is 10.2. The Hall–Kier alpha value is -1.14. The number of nitrogens with zero attached hydrogens (tertiary/aromatic N) is 2. The van der Waals surface area contributed by atoms with Gasteiger partial charge >= 0.3 is 0 Å². The topological polar surface area (TPSA) is 70.5 Å². The number of rotatable bonds is 2. The van der Waals surface area contributed by atoms with Crippen molar-refractivity contribution in [2.45, 2.75) is 13.0 Å². The minimum Gasteiger partial charge on any atom is -0.392 e. The third kappa shape index (κ3) is 2.95. The third-order valence-electron chi connectivity index (χ3n) is 2.95. The maximum Gasteiger partial charge on any atom is 0.152 e. The average Bonchev–Trinajstić information content (AvgIpc) is 2.50. The zero-order valence-electron chi connectivity index (χ0n) is 9.54. The molecule has 0 aliphatic carbocycles. The molecule has 1 aromatic rings. The monoisotopic (exact) mass is 256 g/mol. The number of aliphatic hydroxyl groups excluding tert-OH is 1. The summed E-state index contributed by atoms with van der Waals surface area (Å²) in [6, 6.07) is 1.76. The average molecular weight is 256 g/mol. The zero-order valence-corrected chi connectivity index (χ0v) is 10.4. The second kappa shape index (κ2) is 5.01. The van der Waals surface area contributed by atoms with E-state index in [1.165, 1.54) is 0 Å². The van der Waals surface area contributed by atoms with Crippen molar-refractivity contribution in [1.29, 1.82) is 0 Å². The Bertz CT molecular complexity index is 487. The molecule has 0 bridgehead atoms. The molecule has 1 N–H and O–H groups in total. The van der Waals surface area contributed by atoms with Gasteiger partial charge in [-0.25, -0.2) is 8.42 Å². The Morgan fingerprint density at radius 1 is 1.35 bits per heavy atom. The Balaban J connectivity index is 2.22. The second-order valence-electron chi connectivity index (χ2n) is 4.15. The first-order valence-electron chi connectivity index (χ1n) is 5.61. The molecule has 94 valence electrons. The Morgan fingerprint density at radius 3 is 2.94 bits per heavy atom. The van der Waals surface area contributed by atoms with E-state index in [0.717, 1.165) is 11.3 Å². The van der Waals surface area contributed by atoms with Crippen molar-refractivity contribution in [2.24, 2.45) is 0 Å². The van der Waals surface area contributed by atoms with E-state index in [2.05, 4.69) is 4.98 Å². The number of aromatic nitrogens is 1. The highest BCUT2D eigenvalue weighted by atomic mass is 32.2. The molecule has 0 unspecified atom stereocenters. The van der Waals surface area contributed by atoms with E-state index in [4.69, 9.17) is 0 Å².